The average Bonchev–Trinajstić information content (AvgIpc) is 2.72. The van der Waals surface area contributed by atoms with E-state index in [1.54, 1.807) is 0 Å². The van der Waals surface area contributed by atoms with Crippen LogP contribution in [0.3, 0.4) is 0 Å². The molecule has 1 heterocycles. The van der Waals surface area contributed by atoms with E-state index in [9.17, 15) is 0 Å². The van der Waals surface area contributed by atoms with Crippen LogP contribution in [0.1, 0.15) is 38.8 Å². The van der Waals surface area contributed by atoms with Crippen molar-refractivity contribution in [3.63, 3.8) is 0 Å². The number of rotatable bonds is 7. The zero-order valence-corrected chi connectivity index (χ0v) is 11.5. The van der Waals surface area contributed by atoms with Gasteiger partial charge in [0, 0.05) is 29.6 Å². The molecular formula is C12H23N3S. The molecule has 0 saturated heterocycles. The summed E-state index contributed by atoms with van der Waals surface area (Å²) in [4.78, 5) is 0. The number of nitrogens with one attached hydrogen (secondary N) is 1. The first-order chi connectivity index (χ1) is 7.63. The minimum Gasteiger partial charge on any atom is -0.313 e. The van der Waals surface area contributed by atoms with Crippen LogP contribution in [0, 0.1) is 0 Å². The third kappa shape index (κ3) is 4.58. The van der Waals surface area contributed by atoms with Crippen molar-refractivity contribution in [3.05, 3.63) is 18.0 Å². The SMILES string of the molecule is CSC(C)CCNCc1cnn(C(C)C)c1. The highest BCUT2D eigenvalue weighted by Gasteiger charge is 2.02. The van der Waals surface area contributed by atoms with Gasteiger partial charge in [-0.1, -0.05) is 6.92 Å². The van der Waals surface area contributed by atoms with E-state index in [2.05, 4.69) is 43.6 Å². The van der Waals surface area contributed by atoms with Gasteiger partial charge in [0.2, 0.25) is 0 Å². The Balaban J connectivity index is 2.21. The zero-order valence-electron chi connectivity index (χ0n) is 10.7. The molecule has 1 unspecified atom stereocenters. The lowest BCUT2D eigenvalue weighted by atomic mass is 10.3. The second-order valence-electron chi connectivity index (χ2n) is 4.43. The van der Waals surface area contributed by atoms with Gasteiger partial charge >= 0.3 is 0 Å². The van der Waals surface area contributed by atoms with Gasteiger partial charge in [0.15, 0.2) is 0 Å². The van der Waals surface area contributed by atoms with E-state index < -0.39 is 0 Å². The van der Waals surface area contributed by atoms with Crippen molar-refractivity contribution in [1.82, 2.24) is 15.1 Å². The van der Waals surface area contributed by atoms with E-state index >= 15 is 0 Å². The normalized spacial score (nSPS) is 13.3. The van der Waals surface area contributed by atoms with Crippen molar-refractivity contribution in [1.29, 1.82) is 0 Å². The smallest absolute Gasteiger partial charge is 0.0534 e. The summed E-state index contributed by atoms with van der Waals surface area (Å²) in [6.07, 6.45) is 7.46. The largest absolute Gasteiger partial charge is 0.313 e. The minimum atomic E-state index is 0.449. The zero-order chi connectivity index (χ0) is 12.0. The fraction of sp³-hybridized carbons (Fsp3) is 0.750. The fourth-order valence-corrected chi connectivity index (χ4v) is 1.76. The van der Waals surface area contributed by atoms with E-state index in [0.29, 0.717) is 6.04 Å². The molecule has 0 spiro atoms. The van der Waals surface area contributed by atoms with Gasteiger partial charge in [-0.05, 0) is 33.1 Å². The molecule has 0 fully saturated rings. The molecule has 0 radical (unpaired) electrons. The molecule has 0 aliphatic carbocycles. The molecule has 1 aromatic heterocycles. The number of thioether (sulfide) groups is 1. The first-order valence-electron chi connectivity index (χ1n) is 5.90. The summed E-state index contributed by atoms with van der Waals surface area (Å²) in [6, 6.07) is 0.449. The Hall–Kier alpha value is -0.480. The lowest BCUT2D eigenvalue weighted by Crippen LogP contribution is -2.17. The fourth-order valence-electron chi connectivity index (χ4n) is 1.41. The van der Waals surface area contributed by atoms with E-state index in [1.807, 2.05) is 22.6 Å². The summed E-state index contributed by atoms with van der Waals surface area (Å²) in [5, 5.41) is 8.51. The Morgan fingerprint density at radius 1 is 1.44 bits per heavy atom. The molecule has 1 N–H and O–H groups in total. The maximum atomic E-state index is 4.32. The van der Waals surface area contributed by atoms with Crippen molar-refractivity contribution in [3.8, 4) is 0 Å². The molecule has 1 aromatic rings. The van der Waals surface area contributed by atoms with Crippen LogP contribution in [-0.4, -0.2) is 27.8 Å². The van der Waals surface area contributed by atoms with Crippen molar-refractivity contribution >= 4 is 11.8 Å². The van der Waals surface area contributed by atoms with Gasteiger partial charge in [-0.25, -0.2) is 0 Å². The monoisotopic (exact) mass is 241 g/mol. The molecule has 92 valence electrons. The summed E-state index contributed by atoms with van der Waals surface area (Å²) in [5.41, 5.74) is 1.27. The number of hydrogen-bond acceptors (Lipinski definition) is 3. The van der Waals surface area contributed by atoms with E-state index in [4.69, 9.17) is 0 Å². The van der Waals surface area contributed by atoms with Crippen molar-refractivity contribution in [2.45, 2.75) is 45.0 Å². The highest BCUT2D eigenvalue weighted by molar-refractivity contribution is 7.99. The Kier molecular flexibility index (Phi) is 5.91. The lowest BCUT2D eigenvalue weighted by Gasteiger charge is -2.08. The van der Waals surface area contributed by atoms with Gasteiger partial charge in [0.25, 0.3) is 0 Å². The molecule has 1 rings (SSSR count). The average molecular weight is 241 g/mol. The van der Waals surface area contributed by atoms with Crippen molar-refractivity contribution in [2.75, 3.05) is 12.8 Å². The van der Waals surface area contributed by atoms with Gasteiger partial charge in [-0.3, -0.25) is 4.68 Å². The van der Waals surface area contributed by atoms with Gasteiger partial charge in [-0.15, -0.1) is 0 Å². The van der Waals surface area contributed by atoms with Gasteiger partial charge in [0.05, 0.1) is 6.20 Å². The number of aromatic nitrogens is 2. The quantitative estimate of drug-likeness (QED) is 0.744. The third-order valence-electron chi connectivity index (χ3n) is 2.64. The van der Waals surface area contributed by atoms with E-state index in [-0.39, 0.29) is 0 Å². The highest BCUT2D eigenvalue weighted by atomic mass is 32.2. The molecule has 1 atom stereocenters. The van der Waals surface area contributed by atoms with Crippen LogP contribution in [0.25, 0.3) is 0 Å². The van der Waals surface area contributed by atoms with Gasteiger partial charge in [0.1, 0.15) is 0 Å². The summed E-state index contributed by atoms with van der Waals surface area (Å²) in [6.45, 7) is 8.56. The van der Waals surface area contributed by atoms with E-state index in [0.717, 1.165) is 18.3 Å². The maximum absolute atomic E-state index is 4.32. The summed E-state index contributed by atoms with van der Waals surface area (Å²) < 4.78 is 2.00. The van der Waals surface area contributed by atoms with Crippen molar-refractivity contribution < 1.29 is 0 Å². The Labute approximate surface area is 103 Å². The summed E-state index contributed by atoms with van der Waals surface area (Å²) in [7, 11) is 0. The Bertz CT molecular complexity index is 296. The first-order valence-corrected chi connectivity index (χ1v) is 7.18. The minimum absolute atomic E-state index is 0.449. The van der Waals surface area contributed by atoms with Crippen LogP contribution in [0.15, 0.2) is 12.4 Å². The molecular weight excluding hydrogens is 218 g/mol. The van der Waals surface area contributed by atoms with Crippen molar-refractivity contribution in [2.24, 2.45) is 0 Å². The van der Waals surface area contributed by atoms with Crippen LogP contribution in [0.4, 0.5) is 0 Å². The molecule has 0 aromatic carbocycles. The lowest BCUT2D eigenvalue weighted by molar-refractivity contribution is 0.531. The van der Waals surface area contributed by atoms with Crippen LogP contribution in [-0.2, 0) is 6.54 Å². The second-order valence-corrected chi connectivity index (χ2v) is 5.71. The van der Waals surface area contributed by atoms with Crippen LogP contribution in [0.5, 0.6) is 0 Å². The molecule has 16 heavy (non-hydrogen) atoms. The van der Waals surface area contributed by atoms with Crippen LogP contribution < -0.4 is 5.32 Å². The molecule has 0 aliphatic heterocycles. The first kappa shape index (κ1) is 13.6. The molecule has 0 bridgehead atoms. The Morgan fingerprint density at radius 3 is 2.75 bits per heavy atom. The Morgan fingerprint density at radius 2 is 2.19 bits per heavy atom. The number of hydrogen-bond donors (Lipinski definition) is 1. The number of nitrogens with zero attached hydrogens (tertiary/aromatic N) is 2. The van der Waals surface area contributed by atoms with E-state index in [1.165, 1.54) is 12.0 Å². The van der Waals surface area contributed by atoms with Crippen LogP contribution in [0.2, 0.25) is 0 Å². The topological polar surface area (TPSA) is 29.9 Å². The predicted molar refractivity (Wildman–Crippen MR) is 71.9 cm³/mol. The summed E-state index contributed by atoms with van der Waals surface area (Å²) >= 11 is 1.92. The third-order valence-corrected chi connectivity index (χ3v) is 3.68. The second kappa shape index (κ2) is 6.97. The maximum Gasteiger partial charge on any atom is 0.0534 e. The predicted octanol–water partition coefficient (Wildman–Crippen LogP) is 2.70. The van der Waals surface area contributed by atoms with Gasteiger partial charge < -0.3 is 5.32 Å². The summed E-state index contributed by atoms with van der Waals surface area (Å²) in [5.74, 6) is 0. The highest BCUT2D eigenvalue weighted by Crippen LogP contribution is 2.08. The molecule has 0 amide bonds. The molecule has 0 aliphatic rings. The van der Waals surface area contributed by atoms with Gasteiger partial charge in [-0.2, -0.15) is 16.9 Å². The van der Waals surface area contributed by atoms with Crippen LogP contribution >= 0.6 is 11.8 Å². The molecule has 4 heteroatoms. The molecule has 3 nitrogen and oxygen atoms in total. The standard InChI is InChI=1S/C12H23N3S/c1-10(2)15-9-12(8-14-15)7-13-6-5-11(3)16-4/h8-11,13H,5-7H2,1-4H3. The molecule has 0 saturated carbocycles.